The fourth-order valence-electron chi connectivity index (χ4n) is 2.71. The van der Waals surface area contributed by atoms with Crippen molar-refractivity contribution in [1.29, 1.82) is 0 Å². The Labute approximate surface area is 130 Å². The van der Waals surface area contributed by atoms with Crippen molar-refractivity contribution in [1.82, 2.24) is 10.2 Å². The van der Waals surface area contributed by atoms with Crippen LogP contribution >= 0.6 is 0 Å². The van der Waals surface area contributed by atoms with Crippen LogP contribution in [0.1, 0.15) is 72.1 Å². The van der Waals surface area contributed by atoms with Crippen LogP contribution in [0.2, 0.25) is 0 Å². The summed E-state index contributed by atoms with van der Waals surface area (Å²) in [6.07, 6.45) is 10.3. The van der Waals surface area contributed by atoms with Gasteiger partial charge in [-0.25, -0.2) is 4.79 Å². The molecule has 0 radical (unpaired) electrons. The lowest BCUT2D eigenvalue weighted by molar-refractivity contribution is 0.0297. The Kier molecular flexibility index (Phi) is 8.09. The average Bonchev–Trinajstić information content (AvgIpc) is 2.34. The van der Waals surface area contributed by atoms with E-state index in [-0.39, 0.29) is 6.09 Å². The number of carbonyl (C=O) groups is 1. The molecule has 1 amide bonds. The molecule has 0 bridgehead atoms. The first-order chi connectivity index (χ1) is 9.88. The molecular formula is C17H34N2O2. The Morgan fingerprint density at radius 3 is 2.29 bits per heavy atom. The fourth-order valence-corrected chi connectivity index (χ4v) is 2.71. The molecule has 0 spiro atoms. The molecule has 1 aliphatic rings. The molecule has 1 saturated carbocycles. The smallest absolute Gasteiger partial charge is 0.410 e. The molecule has 0 aromatic carbocycles. The average molecular weight is 298 g/mol. The van der Waals surface area contributed by atoms with Gasteiger partial charge in [0.1, 0.15) is 5.60 Å². The molecule has 1 fully saturated rings. The van der Waals surface area contributed by atoms with Gasteiger partial charge in [0.25, 0.3) is 0 Å². The van der Waals surface area contributed by atoms with Crippen LogP contribution in [0.4, 0.5) is 4.79 Å². The summed E-state index contributed by atoms with van der Waals surface area (Å²) in [6.45, 7) is 7.42. The molecule has 0 heterocycles. The number of nitrogens with one attached hydrogen (secondary N) is 1. The van der Waals surface area contributed by atoms with Gasteiger partial charge in [0.2, 0.25) is 0 Å². The van der Waals surface area contributed by atoms with Crippen molar-refractivity contribution in [3.63, 3.8) is 0 Å². The summed E-state index contributed by atoms with van der Waals surface area (Å²) in [5, 5.41) is 3.65. The predicted molar refractivity (Wildman–Crippen MR) is 87.6 cm³/mol. The molecule has 1 aliphatic carbocycles. The number of carbonyl (C=O) groups excluding carboxylic acids is 1. The van der Waals surface area contributed by atoms with Crippen molar-refractivity contribution in [2.45, 2.75) is 83.8 Å². The van der Waals surface area contributed by atoms with Gasteiger partial charge >= 0.3 is 6.09 Å². The second kappa shape index (κ2) is 9.29. The lowest BCUT2D eigenvalue weighted by Crippen LogP contribution is -2.36. The van der Waals surface area contributed by atoms with Crippen LogP contribution in [0.15, 0.2) is 0 Å². The minimum Gasteiger partial charge on any atom is -0.444 e. The maximum absolute atomic E-state index is 11.8. The second-order valence-electron chi connectivity index (χ2n) is 7.25. The van der Waals surface area contributed by atoms with E-state index >= 15 is 0 Å². The van der Waals surface area contributed by atoms with Crippen molar-refractivity contribution in [3.05, 3.63) is 0 Å². The summed E-state index contributed by atoms with van der Waals surface area (Å²) >= 11 is 0. The van der Waals surface area contributed by atoms with Gasteiger partial charge in [-0.05, 0) is 46.6 Å². The molecular weight excluding hydrogens is 264 g/mol. The van der Waals surface area contributed by atoms with Gasteiger partial charge in [-0.15, -0.1) is 0 Å². The first-order valence-electron chi connectivity index (χ1n) is 8.56. The van der Waals surface area contributed by atoms with Crippen molar-refractivity contribution in [2.24, 2.45) is 0 Å². The summed E-state index contributed by atoms with van der Waals surface area (Å²) in [5.41, 5.74) is -0.414. The van der Waals surface area contributed by atoms with Crippen LogP contribution in [0.5, 0.6) is 0 Å². The van der Waals surface area contributed by atoms with E-state index in [0.29, 0.717) is 6.04 Å². The third-order valence-corrected chi connectivity index (χ3v) is 3.91. The van der Waals surface area contributed by atoms with Gasteiger partial charge in [-0.2, -0.15) is 0 Å². The highest BCUT2D eigenvalue weighted by atomic mass is 16.6. The molecule has 21 heavy (non-hydrogen) atoms. The zero-order valence-corrected chi connectivity index (χ0v) is 14.4. The number of amides is 1. The zero-order chi connectivity index (χ0) is 15.7. The van der Waals surface area contributed by atoms with E-state index in [1.54, 1.807) is 4.90 Å². The lowest BCUT2D eigenvalue weighted by atomic mass is 9.97. The Morgan fingerprint density at radius 1 is 1.14 bits per heavy atom. The van der Waals surface area contributed by atoms with E-state index in [4.69, 9.17) is 4.74 Å². The summed E-state index contributed by atoms with van der Waals surface area (Å²) < 4.78 is 5.34. The maximum atomic E-state index is 11.8. The molecule has 1 rings (SSSR count). The SMILES string of the molecule is CN(CCCNC1CCCCCCC1)C(=O)OC(C)(C)C. The molecule has 1 N–H and O–H groups in total. The maximum Gasteiger partial charge on any atom is 0.410 e. The quantitative estimate of drug-likeness (QED) is 0.782. The molecule has 124 valence electrons. The summed E-state index contributed by atoms with van der Waals surface area (Å²) in [4.78, 5) is 13.5. The zero-order valence-electron chi connectivity index (χ0n) is 14.4. The molecule has 0 saturated heterocycles. The second-order valence-corrected chi connectivity index (χ2v) is 7.25. The largest absolute Gasteiger partial charge is 0.444 e. The van der Waals surface area contributed by atoms with Gasteiger partial charge in [-0.3, -0.25) is 0 Å². The topological polar surface area (TPSA) is 41.6 Å². The van der Waals surface area contributed by atoms with E-state index in [0.717, 1.165) is 19.5 Å². The third kappa shape index (κ3) is 8.97. The highest BCUT2D eigenvalue weighted by Crippen LogP contribution is 2.17. The Balaban J connectivity index is 2.13. The lowest BCUT2D eigenvalue weighted by Gasteiger charge is -2.25. The number of rotatable bonds is 5. The van der Waals surface area contributed by atoms with Crippen molar-refractivity contribution in [3.8, 4) is 0 Å². The fraction of sp³-hybridized carbons (Fsp3) is 0.941. The van der Waals surface area contributed by atoms with Crippen LogP contribution in [0.25, 0.3) is 0 Å². The molecule has 4 nitrogen and oxygen atoms in total. The summed E-state index contributed by atoms with van der Waals surface area (Å²) in [7, 11) is 1.81. The standard InChI is InChI=1S/C17H34N2O2/c1-17(2,3)21-16(20)19(4)14-10-13-18-15-11-8-6-5-7-9-12-15/h15,18H,5-14H2,1-4H3. The number of ether oxygens (including phenoxy) is 1. The van der Waals surface area contributed by atoms with Crippen LogP contribution in [0, 0.1) is 0 Å². The van der Waals surface area contributed by atoms with E-state index in [9.17, 15) is 4.79 Å². The van der Waals surface area contributed by atoms with Gasteiger partial charge in [0.15, 0.2) is 0 Å². The van der Waals surface area contributed by atoms with E-state index in [2.05, 4.69) is 5.32 Å². The van der Waals surface area contributed by atoms with E-state index < -0.39 is 5.60 Å². The van der Waals surface area contributed by atoms with Crippen LogP contribution in [-0.2, 0) is 4.74 Å². The summed E-state index contributed by atoms with van der Waals surface area (Å²) in [6, 6.07) is 0.678. The highest BCUT2D eigenvalue weighted by molar-refractivity contribution is 5.67. The molecule has 0 aromatic rings. The molecule has 0 aromatic heterocycles. The minimum atomic E-state index is -0.414. The van der Waals surface area contributed by atoms with Crippen LogP contribution < -0.4 is 5.32 Å². The monoisotopic (exact) mass is 298 g/mol. The summed E-state index contributed by atoms with van der Waals surface area (Å²) in [5.74, 6) is 0. The van der Waals surface area contributed by atoms with Crippen LogP contribution in [0.3, 0.4) is 0 Å². The van der Waals surface area contributed by atoms with Gasteiger partial charge in [0.05, 0.1) is 0 Å². The molecule has 0 atom stereocenters. The number of hydrogen-bond donors (Lipinski definition) is 1. The third-order valence-electron chi connectivity index (χ3n) is 3.91. The normalized spacial score (nSPS) is 17.9. The van der Waals surface area contributed by atoms with Gasteiger partial charge in [0, 0.05) is 19.6 Å². The van der Waals surface area contributed by atoms with Gasteiger partial charge in [-0.1, -0.05) is 32.1 Å². The molecule has 4 heteroatoms. The first-order valence-corrected chi connectivity index (χ1v) is 8.56. The Morgan fingerprint density at radius 2 is 1.71 bits per heavy atom. The molecule has 0 aliphatic heterocycles. The van der Waals surface area contributed by atoms with Crippen molar-refractivity contribution in [2.75, 3.05) is 20.1 Å². The van der Waals surface area contributed by atoms with Crippen LogP contribution in [-0.4, -0.2) is 42.8 Å². The molecule has 0 unspecified atom stereocenters. The highest BCUT2D eigenvalue weighted by Gasteiger charge is 2.19. The van der Waals surface area contributed by atoms with E-state index in [1.807, 2.05) is 27.8 Å². The van der Waals surface area contributed by atoms with Crippen molar-refractivity contribution >= 4 is 6.09 Å². The number of hydrogen-bond acceptors (Lipinski definition) is 3. The Bertz CT molecular complexity index is 292. The first kappa shape index (κ1) is 18.3. The number of nitrogens with zero attached hydrogens (tertiary/aromatic N) is 1. The minimum absolute atomic E-state index is 0.228. The van der Waals surface area contributed by atoms with Crippen molar-refractivity contribution < 1.29 is 9.53 Å². The van der Waals surface area contributed by atoms with Gasteiger partial charge < -0.3 is 15.0 Å². The Hall–Kier alpha value is -0.770. The predicted octanol–water partition coefficient (Wildman–Crippen LogP) is 3.95. The van der Waals surface area contributed by atoms with E-state index in [1.165, 1.54) is 44.9 Å².